The molecule has 0 aliphatic rings. The monoisotopic (exact) mass is 270 g/mol. The van der Waals surface area contributed by atoms with Gasteiger partial charge in [0.25, 0.3) is 0 Å². The topological polar surface area (TPSA) is 164 Å². The van der Waals surface area contributed by atoms with Crippen molar-refractivity contribution in [2.75, 3.05) is 0 Å². The molecule has 0 fully saturated rings. The first kappa shape index (κ1) is 78.4. The van der Waals surface area contributed by atoms with E-state index in [0.29, 0.717) is 0 Å². The average molecular weight is 270 g/mol. The molecule has 0 amide bonds. The van der Waals surface area contributed by atoms with Gasteiger partial charge in [0.15, 0.2) is 0 Å². The molecule has 0 aromatic rings. The predicted octanol–water partition coefficient (Wildman–Crippen LogP) is -3.91. The summed E-state index contributed by atoms with van der Waals surface area (Å²) in [7, 11) is 0. The van der Waals surface area contributed by atoms with Gasteiger partial charge in [0.05, 0.1) is 0 Å². The van der Waals surface area contributed by atoms with E-state index in [1.165, 1.54) is 0 Å². The third-order valence-electron chi connectivity index (χ3n) is 0. The van der Waals surface area contributed by atoms with Gasteiger partial charge in [-0.3, -0.25) is 0 Å². The molecule has 0 spiro atoms. The van der Waals surface area contributed by atoms with Crippen LogP contribution >= 0.6 is 0 Å². The van der Waals surface area contributed by atoms with Crippen molar-refractivity contribution in [1.29, 1.82) is 0 Å². The summed E-state index contributed by atoms with van der Waals surface area (Å²) in [6.07, 6.45) is 0. The van der Waals surface area contributed by atoms with Crippen molar-refractivity contribution in [3.8, 4) is 0 Å². The maximum atomic E-state index is 6.62. The fourth-order valence-electron chi connectivity index (χ4n) is 0. The first-order valence-corrected chi connectivity index (χ1v) is 0.365. The minimum absolute atomic E-state index is 0. The minimum Gasteiger partial charge on any atom is -2.00 e. The Morgan fingerprint density at radius 3 is 0.800 bits per heavy atom. The second-order valence-corrected chi connectivity index (χ2v) is 0.0816. The van der Waals surface area contributed by atoms with E-state index in [1.807, 2.05) is 0 Å². The largest absolute Gasteiger partial charge is 5.00 e. The van der Waals surface area contributed by atoms with E-state index in [1.54, 1.807) is 0 Å². The molecule has 0 heterocycles. The van der Waals surface area contributed by atoms with Crippen LogP contribution < -0.4 is 29.6 Å². The van der Waals surface area contributed by atoms with Crippen LogP contribution in [0.25, 0.3) is 0 Å². The van der Waals surface area contributed by atoms with Crippen LogP contribution in [0.5, 0.6) is 0 Å². The molecule has 0 bridgehead atoms. The van der Waals surface area contributed by atoms with Crippen molar-refractivity contribution < 1.29 is 89.4 Å². The van der Waals surface area contributed by atoms with Crippen LogP contribution in [0, 0.1) is 0 Å². The van der Waals surface area contributed by atoms with Crippen molar-refractivity contribution in [3.05, 3.63) is 0 Å². The first-order valence-electron chi connectivity index (χ1n) is 0.365. The molecule has 0 unspecified atom stereocenters. The number of hydrogen-bond acceptors (Lipinski definition) is 3. The van der Waals surface area contributed by atoms with Gasteiger partial charge in [-0.2, -0.15) is 0 Å². The molecule has 0 rings (SSSR count). The van der Waals surface area contributed by atoms with Gasteiger partial charge in [-0.05, 0) is 0 Å². The summed E-state index contributed by atoms with van der Waals surface area (Å²) >= 11 is 0. The third-order valence-corrected chi connectivity index (χ3v) is 0. The molecule has 0 saturated carbocycles. The molecule has 0 radical (unpaired) electrons. The second kappa shape index (κ2) is 97.3. The molecule has 0 aromatic carbocycles. The van der Waals surface area contributed by atoms with Gasteiger partial charge in [-0.15, -0.1) is 0 Å². The van der Waals surface area contributed by atoms with Crippen LogP contribution in [-0.2, 0) is 49.3 Å². The van der Waals surface area contributed by atoms with Crippen molar-refractivity contribution in [3.63, 3.8) is 0 Å². The molecule has 0 aromatic heterocycles. The first-order chi connectivity index (χ1) is 1.41. The molecule has 10 heteroatoms. The molecule has 0 atom stereocenters. The zero-order valence-corrected chi connectivity index (χ0v) is 11.5. The van der Waals surface area contributed by atoms with Gasteiger partial charge in [0.2, 0.25) is 0 Å². The molecule has 10 heavy (non-hydrogen) atoms. The summed E-state index contributed by atoms with van der Waals surface area (Å²) in [5.41, 5.74) is 0. The van der Waals surface area contributed by atoms with Crippen LogP contribution in [0.1, 0.15) is 0 Å². The maximum absolute atomic E-state index is 6.62. The van der Waals surface area contributed by atoms with Gasteiger partial charge in [0.1, 0.15) is 0 Å². The van der Waals surface area contributed by atoms with Crippen LogP contribution in [0.4, 0.5) is 0 Å². The summed E-state index contributed by atoms with van der Waals surface area (Å²) in [6.45, 7) is 0. The zero-order valence-electron chi connectivity index (χ0n) is 5.09. The second-order valence-electron chi connectivity index (χ2n) is 0.0816. The van der Waals surface area contributed by atoms with Gasteiger partial charge in [0, 0.05) is 0 Å². The summed E-state index contributed by atoms with van der Waals surface area (Å²) in [5, 5.41) is 15.5. The van der Waals surface area contributed by atoms with E-state index >= 15 is 0 Å². The summed E-state index contributed by atoms with van der Waals surface area (Å²) in [5.74, 6) is 0. The van der Waals surface area contributed by atoms with Gasteiger partial charge >= 0.3 is 89.7 Å². The maximum Gasteiger partial charge on any atom is 5.00 e. The zero-order chi connectivity index (χ0) is 2.71. The minimum atomic E-state index is 0. The fraction of sp³-hybridized carbons (Fsp3) is 0. The summed E-state index contributed by atoms with van der Waals surface area (Å²) < 4.78 is 0. The van der Waals surface area contributed by atoms with Crippen molar-refractivity contribution in [2.24, 2.45) is 0 Å². The quantitative estimate of drug-likeness (QED) is 0.261. The third kappa shape index (κ3) is 137. The Labute approximate surface area is 125 Å². The Morgan fingerprint density at radius 2 is 0.800 bits per heavy atom. The number of hydrogen-bond donors (Lipinski definition) is 2. The van der Waals surface area contributed by atoms with Gasteiger partial charge < -0.3 is 21.9 Å². The Bertz CT molecular complexity index is 13.6. The van der Waals surface area contributed by atoms with Crippen LogP contribution in [0.2, 0.25) is 0 Å². The number of rotatable bonds is 0. The molecule has 0 aliphatic heterocycles. The van der Waals surface area contributed by atoms with E-state index < -0.39 is 0 Å². The van der Waals surface area contributed by atoms with Gasteiger partial charge in [-0.1, -0.05) is 5.04 Å². The summed E-state index contributed by atoms with van der Waals surface area (Å²) in [6, 6.07) is 0. The standard InChI is InChI=1S/Ca.Na.Nb.H2O3.4O/c;;;1-3-2;;;;/h;;;1-2H;;;;/q+2;+1;+5;;4*-2. The Morgan fingerprint density at radius 1 is 0.800 bits per heavy atom. The molecular formula is H2CaNaNbO7. The molecule has 52 valence electrons. The van der Waals surface area contributed by atoms with Crippen molar-refractivity contribution in [1.82, 2.24) is 0 Å². The molecule has 7 nitrogen and oxygen atoms in total. The van der Waals surface area contributed by atoms with Crippen molar-refractivity contribution >= 4 is 37.7 Å². The smallest absolute Gasteiger partial charge is 2.00 e. The van der Waals surface area contributed by atoms with Crippen LogP contribution in [0.15, 0.2) is 0 Å². The average Bonchev–Trinajstić information content (AvgIpc) is 0.918. The van der Waals surface area contributed by atoms with Crippen LogP contribution in [0.3, 0.4) is 0 Å². The normalized spacial score (nSPS) is 1.80. The van der Waals surface area contributed by atoms with Crippen LogP contribution in [-0.4, -0.2) is 48.3 Å². The van der Waals surface area contributed by atoms with Gasteiger partial charge in [-0.25, -0.2) is 10.5 Å². The Hall–Kier alpha value is 2.72. The molecule has 2 N–H and O–H groups in total. The summed E-state index contributed by atoms with van der Waals surface area (Å²) in [4.78, 5) is 0. The van der Waals surface area contributed by atoms with E-state index in [2.05, 4.69) is 5.04 Å². The SMILES string of the molecule is OOO.[Ca+2].[Na+].[Nb+5].[O-2].[O-2].[O-2].[O-2]. The molecule has 0 saturated heterocycles. The fourth-order valence-corrected chi connectivity index (χ4v) is 0. The predicted molar refractivity (Wildman–Crippen MR) is 14.8 cm³/mol. The molecular weight excluding hydrogens is 268 g/mol. The van der Waals surface area contributed by atoms with E-state index in [4.69, 9.17) is 10.5 Å². The van der Waals surface area contributed by atoms with E-state index in [9.17, 15) is 0 Å². The Balaban J connectivity index is -0.000000000952. The van der Waals surface area contributed by atoms with Crippen molar-refractivity contribution in [2.45, 2.75) is 0 Å². The van der Waals surface area contributed by atoms with E-state index in [0.717, 1.165) is 0 Å². The Kier molecular flexibility index (Phi) is 763. The van der Waals surface area contributed by atoms with E-state index in [-0.39, 0.29) is 112 Å². The molecule has 0 aliphatic carbocycles.